The van der Waals surface area contributed by atoms with Crippen LogP contribution in [-0.2, 0) is 10.0 Å². The van der Waals surface area contributed by atoms with Crippen molar-refractivity contribution in [2.45, 2.75) is 37.1 Å². The normalized spacial score (nSPS) is 15.5. The first-order valence-corrected chi connectivity index (χ1v) is 7.50. The molecule has 0 radical (unpaired) electrons. The molecule has 0 aliphatic carbocycles. The Labute approximate surface area is 120 Å². The molecule has 1 rings (SSSR count). The summed E-state index contributed by atoms with van der Waals surface area (Å²) >= 11 is 0. The molecule has 0 aromatic heterocycles. The first-order chi connectivity index (χ1) is 9.51. The van der Waals surface area contributed by atoms with Gasteiger partial charge >= 0.3 is 6.36 Å². The number of benzene rings is 1. The molecule has 120 valence electrons. The number of sulfonamides is 1. The molecule has 0 heterocycles. The third kappa shape index (κ3) is 5.18. The van der Waals surface area contributed by atoms with Crippen molar-refractivity contribution in [2.75, 3.05) is 6.61 Å². The molecule has 0 amide bonds. The summed E-state index contributed by atoms with van der Waals surface area (Å²) in [7, 11) is -3.95. The van der Waals surface area contributed by atoms with E-state index in [0.717, 1.165) is 24.3 Å². The largest absolute Gasteiger partial charge is 0.573 e. The Hall–Kier alpha value is -1.32. The van der Waals surface area contributed by atoms with Crippen LogP contribution in [0.3, 0.4) is 0 Å². The van der Waals surface area contributed by atoms with Crippen molar-refractivity contribution < 1.29 is 31.4 Å². The molecule has 1 atom stereocenters. The van der Waals surface area contributed by atoms with Gasteiger partial charge in [0, 0.05) is 0 Å². The Bertz CT molecular complexity index is 565. The SMILES string of the molecule is CCC(C)(CO)NS(=O)(=O)c1ccc(OC(F)(F)F)cc1. The number of aliphatic hydroxyl groups is 1. The molecular weight excluding hydrogens is 311 g/mol. The van der Waals surface area contributed by atoms with Crippen molar-refractivity contribution in [2.24, 2.45) is 0 Å². The molecule has 1 aromatic carbocycles. The molecule has 1 aromatic rings. The quantitative estimate of drug-likeness (QED) is 0.838. The Morgan fingerprint density at radius 3 is 2.14 bits per heavy atom. The zero-order valence-corrected chi connectivity index (χ0v) is 12.3. The van der Waals surface area contributed by atoms with E-state index in [-0.39, 0.29) is 4.90 Å². The number of hydrogen-bond acceptors (Lipinski definition) is 4. The van der Waals surface area contributed by atoms with E-state index in [1.54, 1.807) is 6.92 Å². The second-order valence-electron chi connectivity index (χ2n) is 4.70. The molecule has 5 nitrogen and oxygen atoms in total. The highest BCUT2D eigenvalue weighted by Crippen LogP contribution is 2.24. The van der Waals surface area contributed by atoms with E-state index in [4.69, 9.17) is 0 Å². The van der Waals surface area contributed by atoms with Crippen LogP contribution in [0.25, 0.3) is 0 Å². The van der Waals surface area contributed by atoms with Gasteiger partial charge in [-0.3, -0.25) is 0 Å². The van der Waals surface area contributed by atoms with E-state index in [1.165, 1.54) is 6.92 Å². The van der Waals surface area contributed by atoms with Crippen LogP contribution < -0.4 is 9.46 Å². The lowest BCUT2D eigenvalue weighted by molar-refractivity contribution is -0.274. The maximum Gasteiger partial charge on any atom is 0.573 e. The van der Waals surface area contributed by atoms with E-state index in [9.17, 15) is 26.7 Å². The number of nitrogens with one attached hydrogen (secondary N) is 1. The average Bonchev–Trinajstić information content (AvgIpc) is 2.37. The molecule has 21 heavy (non-hydrogen) atoms. The molecule has 0 spiro atoms. The third-order valence-electron chi connectivity index (χ3n) is 2.88. The van der Waals surface area contributed by atoms with E-state index in [0.29, 0.717) is 6.42 Å². The predicted molar refractivity (Wildman–Crippen MR) is 69.2 cm³/mol. The lowest BCUT2D eigenvalue weighted by Crippen LogP contribution is -2.48. The van der Waals surface area contributed by atoms with Gasteiger partial charge in [0.15, 0.2) is 0 Å². The van der Waals surface area contributed by atoms with E-state index in [1.807, 2.05) is 0 Å². The van der Waals surface area contributed by atoms with E-state index >= 15 is 0 Å². The Morgan fingerprint density at radius 1 is 1.24 bits per heavy atom. The lowest BCUT2D eigenvalue weighted by Gasteiger charge is -2.26. The number of hydrogen-bond donors (Lipinski definition) is 2. The van der Waals surface area contributed by atoms with Crippen molar-refractivity contribution in [3.63, 3.8) is 0 Å². The summed E-state index contributed by atoms with van der Waals surface area (Å²) in [5.41, 5.74) is -1.04. The Kier molecular flexibility index (Phi) is 5.24. The summed E-state index contributed by atoms with van der Waals surface area (Å²) in [5.74, 6) is -0.512. The van der Waals surface area contributed by atoms with Gasteiger partial charge in [-0.15, -0.1) is 13.2 Å². The number of halogens is 3. The second kappa shape index (κ2) is 6.20. The topological polar surface area (TPSA) is 75.6 Å². The van der Waals surface area contributed by atoms with Crippen LogP contribution in [-0.4, -0.2) is 32.0 Å². The van der Waals surface area contributed by atoms with Gasteiger partial charge in [-0.1, -0.05) is 6.92 Å². The van der Waals surface area contributed by atoms with Gasteiger partial charge in [0.1, 0.15) is 5.75 Å². The van der Waals surface area contributed by atoms with Gasteiger partial charge in [-0.05, 0) is 37.6 Å². The number of ether oxygens (including phenoxy) is 1. The molecule has 9 heteroatoms. The second-order valence-corrected chi connectivity index (χ2v) is 6.38. The summed E-state index contributed by atoms with van der Waals surface area (Å²) < 4.78 is 66.2. The molecule has 2 N–H and O–H groups in total. The maximum absolute atomic E-state index is 12.1. The van der Waals surface area contributed by atoms with Crippen LogP contribution in [0.5, 0.6) is 5.75 Å². The number of aliphatic hydroxyl groups excluding tert-OH is 1. The van der Waals surface area contributed by atoms with E-state index < -0.39 is 34.3 Å². The first kappa shape index (κ1) is 17.7. The van der Waals surface area contributed by atoms with Gasteiger partial charge in [0.05, 0.1) is 17.0 Å². The fraction of sp³-hybridized carbons (Fsp3) is 0.500. The fourth-order valence-electron chi connectivity index (χ4n) is 1.42. The van der Waals surface area contributed by atoms with Crippen molar-refractivity contribution in [1.29, 1.82) is 0 Å². The highest BCUT2D eigenvalue weighted by Gasteiger charge is 2.32. The highest BCUT2D eigenvalue weighted by molar-refractivity contribution is 7.89. The van der Waals surface area contributed by atoms with Crippen LogP contribution in [0.2, 0.25) is 0 Å². The van der Waals surface area contributed by atoms with Crippen LogP contribution in [0, 0.1) is 0 Å². The van der Waals surface area contributed by atoms with Crippen LogP contribution in [0.15, 0.2) is 29.2 Å². The van der Waals surface area contributed by atoms with Gasteiger partial charge in [-0.25, -0.2) is 13.1 Å². The molecule has 1 unspecified atom stereocenters. The predicted octanol–water partition coefficient (Wildman–Crippen LogP) is 2.02. The van der Waals surface area contributed by atoms with Crippen LogP contribution >= 0.6 is 0 Å². The molecule has 0 aliphatic heterocycles. The summed E-state index contributed by atoms with van der Waals surface area (Å²) in [6.07, 6.45) is -4.49. The molecule has 0 saturated heterocycles. The van der Waals surface area contributed by atoms with E-state index in [2.05, 4.69) is 9.46 Å². The standard InChI is InChI=1S/C12H16F3NO4S/c1-3-11(2,8-17)16-21(18,19)10-6-4-9(5-7-10)20-12(13,14)15/h4-7,16-17H,3,8H2,1-2H3. The van der Waals surface area contributed by atoms with Gasteiger partial charge in [0.25, 0.3) is 0 Å². The maximum atomic E-state index is 12.1. The lowest BCUT2D eigenvalue weighted by atomic mass is 10.0. The summed E-state index contributed by atoms with van der Waals surface area (Å²) in [4.78, 5) is -0.217. The molecule has 0 bridgehead atoms. The van der Waals surface area contributed by atoms with Crippen molar-refractivity contribution >= 4 is 10.0 Å². The average molecular weight is 327 g/mol. The smallest absolute Gasteiger partial charge is 0.406 e. The van der Waals surface area contributed by atoms with Crippen molar-refractivity contribution in [1.82, 2.24) is 4.72 Å². The summed E-state index contributed by atoms with van der Waals surface area (Å²) in [6.45, 7) is 2.81. The molecule has 0 aliphatic rings. The minimum absolute atomic E-state index is 0.217. The molecular formula is C12H16F3NO4S. The van der Waals surface area contributed by atoms with Crippen molar-refractivity contribution in [3.05, 3.63) is 24.3 Å². The number of alkyl halides is 3. The van der Waals surface area contributed by atoms with Crippen molar-refractivity contribution in [3.8, 4) is 5.75 Å². The van der Waals surface area contributed by atoms with Gasteiger partial charge in [0.2, 0.25) is 10.0 Å². The fourth-order valence-corrected chi connectivity index (χ4v) is 2.89. The van der Waals surface area contributed by atoms with Crippen LogP contribution in [0.4, 0.5) is 13.2 Å². The summed E-state index contributed by atoms with van der Waals surface area (Å²) in [6, 6.07) is 3.81. The monoisotopic (exact) mass is 327 g/mol. The van der Waals surface area contributed by atoms with Gasteiger partial charge in [-0.2, -0.15) is 0 Å². The minimum Gasteiger partial charge on any atom is -0.406 e. The number of rotatable bonds is 6. The zero-order chi connectivity index (χ0) is 16.3. The molecule has 0 fully saturated rings. The third-order valence-corrected chi connectivity index (χ3v) is 4.53. The Balaban J connectivity index is 2.95. The zero-order valence-electron chi connectivity index (χ0n) is 11.4. The minimum atomic E-state index is -4.84. The highest BCUT2D eigenvalue weighted by atomic mass is 32.2. The summed E-state index contributed by atoms with van der Waals surface area (Å²) in [5, 5.41) is 9.20. The van der Waals surface area contributed by atoms with Gasteiger partial charge < -0.3 is 9.84 Å². The molecule has 0 saturated carbocycles. The first-order valence-electron chi connectivity index (χ1n) is 6.02. The Morgan fingerprint density at radius 2 is 1.76 bits per heavy atom. The van der Waals surface area contributed by atoms with Crippen LogP contribution in [0.1, 0.15) is 20.3 Å².